The average Bonchev–Trinajstić information content (AvgIpc) is 3.51. The molecule has 10 heteroatoms. The van der Waals surface area contributed by atoms with Gasteiger partial charge >= 0.3 is 0 Å². The molecule has 0 saturated carbocycles. The Labute approximate surface area is 228 Å². The molecule has 3 heterocycles. The van der Waals surface area contributed by atoms with Gasteiger partial charge in [0.05, 0.1) is 12.9 Å². The van der Waals surface area contributed by atoms with Crippen molar-refractivity contribution in [1.29, 1.82) is 0 Å². The number of alkyl halides is 1. The van der Waals surface area contributed by atoms with Crippen LogP contribution in [0.3, 0.4) is 0 Å². The number of halogens is 2. The third-order valence-electron chi connectivity index (χ3n) is 6.99. The number of anilines is 1. The largest absolute Gasteiger partial charge is 0.387 e. The molecule has 3 N–H and O–H groups in total. The van der Waals surface area contributed by atoms with Gasteiger partial charge in [0.25, 0.3) is 0 Å². The lowest BCUT2D eigenvalue weighted by atomic mass is 9.80. The lowest BCUT2D eigenvalue weighted by molar-refractivity contribution is -0.0935. The van der Waals surface area contributed by atoms with E-state index in [0.717, 1.165) is 16.7 Å². The molecule has 1 aliphatic heterocycles. The zero-order valence-corrected chi connectivity index (χ0v) is 21.4. The van der Waals surface area contributed by atoms with Crippen LogP contribution in [-0.4, -0.2) is 49.6 Å². The number of hydrogen-bond donors (Lipinski definition) is 2. The van der Waals surface area contributed by atoms with E-state index < -0.39 is 30.2 Å². The molecule has 5 aromatic rings. The van der Waals surface area contributed by atoms with Crippen molar-refractivity contribution in [1.82, 2.24) is 19.5 Å². The Kier molecular flexibility index (Phi) is 6.74. The van der Waals surface area contributed by atoms with Crippen LogP contribution in [0.4, 0.5) is 10.2 Å². The van der Waals surface area contributed by atoms with E-state index in [4.69, 9.17) is 26.8 Å². The maximum absolute atomic E-state index is 15.5. The van der Waals surface area contributed by atoms with E-state index in [2.05, 4.69) is 15.0 Å². The number of hydrogen-bond acceptors (Lipinski definition) is 7. The van der Waals surface area contributed by atoms with Crippen molar-refractivity contribution in [2.75, 3.05) is 12.3 Å². The van der Waals surface area contributed by atoms with Crippen molar-refractivity contribution in [2.24, 2.45) is 0 Å². The van der Waals surface area contributed by atoms with Gasteiger partial charge in [-0.1, -0.05) is 91.0 Å². The topological polar surface area (TPSA) is 108 Å². The molecule has 39 heavy (non-hydrogen) atoms. The summed E-state index contributed by atoms with van der Waals surface area (Å²) in [7, 11) is 0. The lowest BCUT2D eigenvalue weighted by Gasteiger charge is -2.37. The summed E-state index contributed by atoms with van der Waals surface area (Å²) in [5.74, 6) is 0.0657. The molecule has 3 aromatic carbocycles. The molecule has 0 bridgehead atoms. The molecule has 8 nitrogen and oxygen atoms in total. The molecule has 0 amide bonds. The van der Waals surface area contributed by atoms with Crippen LogP contribution < -0.4 is 5.73 Å². The highest BCUT2D eigenvalue weighted by Crippen LogP contribution is 2.42. The Hall–Kier alpha value is -3.89. The quantitative estimate of drug-likeness (QED) is 0.226. The first-order valence-corrected chi connectivity index (χ1v) is 12.8. The SMILES string of the molecule is Nc1nc(Cl)nc2c1ncn2[C@@H]1O[C@H](COC(c2ccccc2)(c2ccccc2)c2ccccc2)[C@@H](O)[C@H]1F. The van der Waals surface area contributed by atoms with Crippen LogP contribution in [0.15, 0.2) is 97.3 Å². The number of aliphatic hydroxyl groups is 1. The van der Waals surface area contributed by atoms with Gasteiger partial charge in [-0.25, -0.2) is 9.37 Å². The van der Waals surface area contributed by atoms with Gasteiger partial charge in [-0.2, -0.15) is 9.97 Å². The van der Waals surface area contributed by atoms with Crippen LogP contribution in [0.5, 0.6) is 0 Å². The van der Waals surface area contributed by atoms with Crippen LogP contribution in [0.1, 0.15) is 22.9 Å². The normalized spacial score (nSPS) is 21.4. The van der Waals surface area contributed by atoms with Crippen LogP contribution in [-0.2, 0) is 15.1 Å². The Morgan fingerprint density at radius 2 is 1.46 bits per heavy atom. The molecule has 1 aliphatic rings. The maximum atomic E-state index is 15.5. The summed E-state index contributed by atoms with van der Waals surface area (Å²) in [5, 5.41) is 10.8. The summed E-state index contributed by atoms with van der Waals surface area (Å²) in [6, 6.07) is 29.4. The van der Waals surface area contributed by atoms with Crippen LogP contribution in [0.2, 0.25) is 5.28 Å². The molecule has 0 unspecified atom stereocenters. The minimum atomic E-state index is -1.79. The smallest absolute Gasteiger partial charge is 0.226 e. The van der Waals surface area contributed by atoms with E-state index in [1.165, 1.54) is 10.9 Å². The number of benzene rings is 3. The first-order chi connectivity index (χ1) is 19.0. The summed E-state index contributed by atoms with van der Waals surface area (Å²) >= 11 is 5.98. The predicted molar refractivity (Wildman–Crippen MR) is 145 cm³/mol. The fourth-order valence-electron chi connectivity index (χ4n) is 5.14. The van der Waals surface area contributed by atoms with Crippen molar-refractivity contribution in [2.45, 2.75) is 30.2 Å². The second-order valence-corrected chi connectivity index (χ2v) is 9.63. The second kappa shape index (κ2) is 10.3. The van der Waals surface area contributed by atoms with E-state index in [-0.39, 0.29) is 28.9 Å². The number of nitrogen functional groups attached to an aromatic ring is 1. The lowest BCUT2D eigenvalue weighted by Crippen LogP contribution is -2.39. The number of rotatable bonds is 7. The third-order valence-corrected chi connectivity index (χ3v) is 7.16. The molecule has 1 saturated heterocycles. The van der Waals surface area contributed by atoms with Gasteiger partial charge in [0, 0.05) is 0 Å². The molecular weight excluding hydrogens is 521 g/mol. The molecule has 198 valence electrons. The zero-order chi connectivity index (χ0) is 27.0. The van der Waals surface area contributed by atoms with Gasteiger partial charge in [-0.05, 0) is 28.3 Å². The minimum absolute atomic E-state index is 0.0657. The third kappa shape index (κ3) is 4.43. The highest BCUT2D eigenvalue weighted by atomic mass is 35.5. The van der Waals surface area contributed by atoms with Crippen molar-refractivity contribution in [3.8, 4) is 0 Å². The van der Waals surface area contributed by atoms with Crippen LogP contribution in [0, 0.1) is 0 Å². The first-order valence-electron chi connectivity index (χ1n) is 12.4. The molecule has 6 rings (SSSR count). The number of nitrogens with two attached hydrogens (primary N) is 1. The van der Waals surface area contributed by atoms with E-state index in [1.807, 2.05) is 91.0 Å². The summed E-state index contributed by atoms with van der Waals surface area (Å²) in [5.41, 5.74) is 7.97. The standard InChI is InChI=1S/C29H25ClFN5O3/c30-28-34-25(32)23-26(35-28)36(17-33-23)27-22(31)24(37)21(39-27)16-38-29(18-10-4-1-5-11-18,19-12-6-2-7-13-19)20-14-8-3-9-15-20/h1-15,17,21-22,24,27,37H,16H2,(H2,32,34,35)/t21-,22-,24-,27-/m1/s1. The Balaban J connectivity index is 1.37. The molecule has 2 aromatic heterocycles. The van der Waals surface area contributed by atoms with Crippen LogP contribution >= 0.6 is 11.6 Å². The van der Waals surface area contributed by atoms with Crippen molar-refractivity contribution >= 4 is 28.6 Å². The van der Waals surface area contributed by atoms with Gasteiger partial charge in [0.1, 0.15) is 23.3 Å². The highest BCUT2D eigenvalue weighted by Gasteiger charge is 2.48. The minimum Gasteiger partial charge on any atom is -0.387 e. The first kappa shape index (κ1) is 25.4. The number of nitrogens with zero attached hydrogens (tertiary/aromatic N) is 4. The summed E-state index contributed by atoms with van der Waals surface area (Å²) in [6.45, 7) is -0.110. The number of aliphatic hydroxyl groups excluding tert-OH is 1. The zero-order valence-electron chi connectivity index (χ0n) is 20.6. The molecule has 4 atom stereocenters. The summed E-state index contributed by atoms with van der Waals surface area (Å²) < 4.78 is 29.7. The number of imidazole rings is 1. The second-order valence-electron chi connectivity index (χ2n) is 9.29. The monoisotopic (exact) mass is 545 g/mol. The Morgan fingerprint density at radius 1 is 0.923 bits per heavy atom. The summed E-state index contributed by atoms with van der Waals surface area (Å²) in [4.78, 5) is 12.2. The fraction of sp³-hybridized carbons (Fsp3) is 0.207. The fourth-order valence-corrected chi connectivity index (χ4v) is 5.31. The highest BCUT2D eigenvalue weighted by molar-refractivity contribution is 6.28. The van der Waals surface area contributed by atoms with Crippen LogP contribution in [0.25, 0.3) is 11.2 Å². The molecular formula is C29H25ClFN5O3. The molecule has 0 radical (unpaired) electrons. The van der Waals surface area contributed by atoms with E-state index in [1.54, 1.807) is 0 Å². The van der Waals surface area contributed by atoms with Gasteiger partial charge < -0.3 is 20.3 Å². The number of fused-ring (bicyclic) bond motifs is 1. The summed E-state index contributed by atoms with van der Waals surface area (Å²) in [6.07, 6.45) is -4.12. The Bertz CT molecular complexity index is 1480. The van der Waals surface area contributed by atoms with Gasteiger partial charge in [-0.3, -0.25) is 4.57 Å². The molecule has 1 fully saturated rings. The van der Waals surface area contributed by atoms with E-state index in [0.29, 0.717) is 0 Å². The molecule has 0 spiro atoms. The maximum Gasteiger partial charge on any atom is 0.226 e. The van der Waals surface area contributed by atoms with Crippen molar-refractivity contribution < 1.29 is 19.0 Å². The van der Waals surface area contributed by atoms with Gasteiger partial charge in [0.2, 0.25) is 5.28 Å². The average molecular weight is 546 g/mol. The van der Waals surface area contributed by atoms with E-state index >= 15 is 4.39 Å². The van der Waals surface area contributed by atoms with E-state index in [9.17, 15) is 5.11 Å². The van der Waals surface area contributed by atoms with Crippen molar-refractivity contribution in [3.63, 3.8) is 0 Å². The van der Waals surface area contributed by atoms with Gasteiger partial charge in [0.15, 0.2) is 23.9 Å². The van der Waals surface area contributed by atoms with Gasteiger partial charge in [-0.15, -0.1) is 0 Å². The Morgan fingerprint density at radius 3 is 2.00 bits per heavy atom. The molecule has 0 aliphatic carbocycles. The van der Waals surface area contributed by atoms with Crippen molar-refractivity contribution in [3.05, 3.63) is 119 Å². The predicted octanol–water partition coefficient (Wildman–Crippen LogP) is 4.67. The number of aromatic nitrogens is 4. The number of ether oxygens (including phenoxy) is 2.